The number of fused-ring (bicyclic) bond motifs is 1. The van der Waals surface area contributed by atoms with Gasteiger partial charge in [0.1, 0.15) is 0 Å². The highest BCUT2D eigenvalue weighted by molar-refractivity contribution is 5.94. The van der Waals surface area contributed by atoms with Crippen molar-refractivity contribution in [1.82, 2.24) is 0 Å². The lowest BCUT2D eigenvalue weighted by Gasteiger charge is -2.23. The monoisotopic (exact) mass is 365 g/mol. The number of carbonyl (C=O) groups is 2. The fourth-order valence-corrected chi connectivity index (χ4v) is 3.45. The molecule has 0 aliphatic carbocycles. The first-order valence-corrected chi connectivity index (χ1v) is 8.80. The van der Waals surface area contributed by atoms with Gasteiger partial charge < -0.3 is 14.7 Å². The third-order valence-electron chi connectivity index (χ3n) is 4.93. The Bertz CT molecular complexity index is 886. The van der Waals surface area contributed by atoms with Crippen LogP contribution in [0.3, 0.4) is 0 Å². The van der Waals surface area contributed by atoms with E-state index in [4.69, 9.17) is 4.74 Å². The molecule has 5 nitrogen and oxygen atoms in total. The summed E-state index contributed by atoms with van der Waals surface area (Å²) in [5.41, 5.74) is 3.14. The third-order valence-corrected chi connectivity index (χ3v) is 4.93. The zero-order valence-corrected chi connectivity index (χ0v) is 15.7. The highest BCUT2D eigenvalue weighted by Gasteiger charge is 2.38. The van der Waals surface area contributed by atoms with Crippen molar-refractivity contribution < 1.29 is 19.4 Å². The van der Waals surface area contributed by atoms with Crippen molar-refractivity contribution in [3.8, 4) is 0 Å². The van der Waals surface area contributed by atoms with Crippen LogP contribution in [0.2, 0.25) is 0 Å². The average Bonchev–Trinajstić information content (AvgIpc) is 2.87. The minimum absolute atomic E-state index is 0.325. The number of ketones is 1. The van der Waals surface area contributed by atoms with Crippen molar-refractivity contribution in [3.05, 3.63) is 77.5 Å². The Balaban J connectivity index is 1.68. The molecule has 0 fully saturated rings. The van der Waals surface area contributed by atoms with Gasteiger partial charge in [-0.3, -0.25) is 4.79 Å². The maximum Gasteiger partial charge on any atom is 0.340 e. The van der Waals surface area contributed by atoms with E-state index in [0.717, 1.165) is 16.9 Å². The van der Waals surface area contributed by atoms with Crippen molar-refractivity contribution >= 4 is 17.4 Å². The van der Waals surface area contributed by atoms with Crippen LogP contribution >= 0.6 is 0 Å². The molecule has 0 aromatic heterocycles. The summed E-state index contributed by atoms with van der Waals surface area (Å²) in [5, 5.41) is 10.0. The topological polar surface area (TPSA) is 66.8 Å². The van der Waals surface area contributed by atoms with Crippen LogP contribution in [-0.2, 0) is 19.7 Å². The van der Waals surface area contributed by atoms with Gasteiger partial charge in [0.15, 0.2) is 18.5 Å². The van der Waals surface area contributed by atoms with Gasteiger partial charge >= 0.3 is 5.97 Å². The second-order valence-corrected chi connectivity index (χ2v) is 7.12. The van der Waals surface area contributed by atoms with Gasteiger partial charge in [0.2, 0.25) is 0 Å². The number of carbonyl (C=O) groups excluding carboxylic acids is 2. The van der Waals surface area contributed by atoms with Gasteiger partial charge in [0.25, 0.3) is 0 Å². The predicted octanol–water partition coefficient (Wildman–Crippen LogP) is 3.14. The zero-order chi connectivity index (χ0) is 19.6. The number of aliphatic hydroxyl groups excluding tert-OH is 1. The maximum absolute atomic E-state index is 12.4. The Hall–Kier alpha value is -2.92. The summed E-state index contributed by atoms with van der Waals surface area (Å²) in [6.07, 6.45) is 0.115. The molecule has 1 N–H and O–H groups in total. The Morgan fingerprint density at radius 3 is 2.41 bits per heavy atom. The largest absolute Gasteiger partial charge is 0.455 e. The molecule has 1 aliphatic rings. The normalized spacial score (nSPS) is 17.5. The second-order valence-electron chi connectivity index (χ2n) is 7.12. The van der Waals surface area contributed by atoms with Crippen LogP contribution in [0.1, 0.15) is 31.1 Å². The number of esters is 1. The van der Waals surface area contributed by atoms with E-state index in [2.05, 4.69) is 13.8 Å². The van der Waals surface area contributed by atoms with Crippen molar-refractivity contribution in [3.63, 3.8) is 0 Å². The van der Waals surface area contributed by atoms with E-state index in [1.165, 1.54) is 6.08 Å². The van der Waals surface area contributed by atoms with E-state index in [9.17, 15) is 14.7 Å². The average molecular weight is 365 g/mol. The zero-order valence-electron chi connectivity index (χ0n) is 15.7. The van der Waals surface area contributed by atoms with Crippen molar-refractivity contribution in [2.75, 3.05) is 18.6 Å². The molecule has 0 bridgehead atoms. The van der Waals surface area contributed by atoms with E-state index in [-0.39, 0.29) is 11.2 Å². The lowest BCUT2D eigenvalue weighted by atomic mass is 9.83. The molecule has 0 spiro atoms. The van der Waals surface area contributed by atoms with Gasteiger partial charge in [-0.2, -0.15) is 0 Å². The van der Waals surface area contributed by atoms with Crippen molar-refractivity contribution in [2.45, 2.75) is 25.4 Å². The van der Waals surface area contributed by atoms with Gasteiger partial charge in [-0.15, -0.1) is 0 Å². The first-order chi connectivity index (χ1) is 12.8. The van der Waals surface area contributed by atoms with E-state index in [0.29, 0.717) is 5.56 Å². The summed E-state index contributed by atoms with van der Waals surface area (Å²) in [6.45, 7) is 3.70. The molecule has 27 heavy (non-hydrogen) atoms. The summed E-state index contributed by atoms with van der Waals surface area (Å²) in [6, 6.07) is 16.5. The molecule has 0 saturated carbocycles. The van der Waals surface area contributed by atoms with Crippen molar-refractivity contribution in [1.29, 1.82) is 0 Å². The van der Waals surface area contributed by atoms with Crippen LogP contribution in [0.15, 0.2) is 66.4 Å². The molecular formula is C22H23NO4. The molecule has 1 atom stereocenters. The van der Waals surface area contributed by atoms with E-state index in [1.54, 1.807) is 30.3 Å². The summed E-state index contributed by atoms with van der Waals surface area (Å²) in [7, 11) is 1.91. The number of nitrogens with zero attached hydrogens (tertiary/aromatic N) is 1. The first kappa shape index (κ1) is 18.9. The number of benzene rings is 2. The lowest BCUT2D eigenvalue weighted by molar-refractivity contribution is -0.156. The number of para-hydroxylation sites is 1. The number of rotatable bonds is 5. The molecule has 140 valence electrons. The molecule has 1 aliphatic heterocycles. The number of aliphatic hydroxyl groups is 1. The minimum atomic E-state index is -1.40. The Morgan fingerprint density at radius 2 is 1.74 bits per heavy atom. The summed E-state index contributed by atoms with van der Waals surface area (Å²) in [4.78, 5) is 26.4. The SMILES string of the molecule is CN1C(=CC(=O)COC(=O)C(O)c2ccccc2)C(C)(C)c2ccccc21. The Kier molecular flexibility index (Phi) is 5.15. The summed E-state index contributed by atoms with van der Waals surface area (Å²) in [5.74, 6) is -1.17. The van der Waals surface area contributed by atoms with E-state index in [1.807, 2.05) is 36.2 Å². The number of anilines is 1. The molecule has 2 aromatic carbocycles. The molecule has 5 heteroatoms. The molecule has 1 heterocycles. The first-order valence-electron chi connectivity index (χ1n) is 8.80. The Morgan fingerprint density at radius 1 is 1.11 bits per heavy atom. The predicted molar refractivity (Wildman–Crippen MR) is 103 cm³/mol. The fraction of sp³-hybridized carbons (Fsp3) is 0.273. The molecule has 1 unspecified atom stereocenters. The lowest BCUT2D eigenvalue weighted by Crippen LogP contribution is -2.25. The summed E-state index contributed by atoms with van der Waals surface area (Å²) < 4.78 is 5.01. The number of likely N-dealkylation sites (N-methyl/N-ethyl adjacent to an activating group) is 1. The van der Waals surface area contributed by atoms with Crippen LogP contribution < -0.4 is 4.90 Å². The van der Waals surface area contributed by atoms with E-state index >= 15 is 0 Å². The standard InChI is InChI=1S/C22H23NO4/c1-22(2)17-11-7-8-12-18(17)23(3)19(22)13-16(24)14-27-21(26)20(25)15-9-5-4-6-10-15/h4-13,20,25H,14H2,1-3H3. The number of hydrogen-bond acceptors (Lipinski definition) is 5. The van der Waals surface area contributed by atoms with Gasteiger partial charge in [0, 0.05) is 29.9 Å². The molecule has 2 aromatic rings. The molecule has 0 saturated heterocycles. The van der Waals surface area contributed by atoms with E-state index < -0.39 is 18.7 Å². The van der Waals surface area contributed by atoms with Crippen LogP contribution in [0, 0.1) is 0 Å². The molecule has 0 amide bonds. The highest BCUT2D eigenvalue weighted by Crippen LogP contribution is 2.46. The fourth-order valence-electron chi connectivity index (χ4n) is 3.45. The van der Waals surface area contributed by atoms with Crippen LogP contribution in [0.5, 0.6) is 0 Å². The van der Waals surface area contributed by atoms with Gasteiger partial charge in [0.05, 0.1) is 0 Å². The van der Waals surface area contributed by atoms with Crippen LogP contribution in [0.4, 0.5) is 5.69 Å². The number of ether oxygens (including phenoxy) is 1. The smallest absolute Gasteiger partial charge is 0.340 e. The van der Waals surface area contributed by atoms with Gasteiger partial charge in [-0.25, -0.2) is 4.79 Å². The molecular weight excluding hydrogens is 342 g/mol. The summed E-state index contributed by atoms with van der Waals surface area (Å²) >= 11 is 0. The van der Waals surface area contributed by atoms with Gasteiger partial charge in [-0.1, -0.05) is 62.4 Å². The van der Waals surface area contributed by atoms with Crippen LogP contribution in [-0.4, -0.2) is 30.5 Å². The Labute approximate surface area is 158 Å². The minimum Gasteiger partial charge on any atom is -0.455 e. The quantitative estimate of drug-likeness (QED) is 0.651. The van der Waals surface area contributed by atoms with Crippen LogP contribution in [0.25, 0.3) is 0 Å². The van der Waals surface area contributed by atoms with Gasteiger partial charge in [-0.05, 0) is 17.2 Å². The maximum atomic E-state index is 12.4. The van der Waals surface area contributed by atoms with Crippen molar-refractivity contribution in [2.24, 2.45) is 0 Å². The highest BCUT2D eigenvalue weighted by atomic mass is 16.5. The molecule has 3 rings (SSSR count). The number of hydrogen-bond donors (Lipinski definition) is 1. The third kappa shape index (κ3) is 3.64. The second kappa shape index (κ2) is 7.37. The number of allylic oxidation sites excluding steroid dienone is 1. The molecule has 0 radical (unpaired) electrons.